The number of anilines is 3. The van der Waals surface area contributed by atoms with Crippen molar-refractivity contribution in [3.63, 3.8) is 0 Å². The van der Waals surface area contributed by atoms with Gasteiger partial charge in [0.15, 0.2) is 11.6 Å². The SMILES string of the molecule is CCC1CCCCN1c1ncnc(NC)c1N. The standard InChI is InChI=1S/C12H21N5/c1-3-9-6-4-5-7-17(9)12-10(13)11(14-2)15-8-16-12/h8-9H,3-7,13H2,1-2H3,(H,14,15,16). The van der Waals surface area contributed by atoms with Gasteiger partial charge in [0, 0.05) is 19.6 Å². The lowest BCUT2D eigenvalue weighted by atomic mass is 10.00. The van der Waals surface area contributed by atoms with Crippen LogP contribution in [0.1, 0.15) is 32.6 Å². The second kappa shape index (κ2) is 5.21. The van der Waals surface area contributed by atoms with Gasteiger partial charge in [0.25, 0.3) is 0 Å². The lowest BCUT2D eigenvalue weighted by Gasteiger charge is -2.36. The molecule has 2 rings (SSSR count). The van der Waals surface area contributed by atoms with Crippen molar-refractivity contribution in [3.8, 4) is 0 Å². The number of aromatic nitrogens is 2. The van der Waals surface area contributed by atoms with Gasteiger partial charge < -0.3 is 16.0 Å². The molecule has 0 bridgehead atoms. The minimum absolute atomic E-state index is 0.561. The molecule has 1 aliphatic rings. The van der Waals surface area contributed by atoms with Gasteiger partial charge in [0.2, 0.25) is 0 Å². The van der Waals surface area contributed by atoms with Crippen LogP contribution in [0.3, 0.4) is 0 Å². The van der Waals surface area contributed by atoms with Gasteiger partial charge in [-0.05, 0) is 25.7 Å². The Morgan fingerprint density at radius 2 is 2.29 bits per heavy atom. The Bertz CT molecular complexity index is 379. The van der Waals surface area contributed by atoms with E-state index < -0.39 is 0 Å². The minimum atomic E-state index is 0.561. The van der Waals surface area contributed by atoms with Crippen LogP contribution in [0, 0.1) is 0 Å². The fraction of sp³-hybridized carbons (Fsp3) is 0.667. The van der Waals surface area contributed by atoms with Crippen molar-refractivity contribution < 1.29 is 0 Å². The van der Waals surface area contributed by atoms with E-state index in [2.05, 4.69) is 27.1 Å². The Labute approximate surface area is 102 Å². The summed E-state index contributed by atoms with van der Waals surface area (Å²) in [6.07, 6.45) is 6.47. The van der Waals surface area contributed by atoms with Crippen LogP contribution < -0.4 is 16.0 Å². The normalized spacial score (nSPS) is 20.4. The summed E-state index contributed by atoms with van der Waals surface area (Å²) in [7, 11) is 1.83. The van der Waals surface area contributed by atoms with Crippen LogP contribution in [-0.2, 0) is 0 Å². The third-order valence-electron chi connectivity index (χ3n) is 3.47. The average molecular weight is 235 g/mol. The molecule has 1 atom stereocenters. The summed E-state index contributed by atoms with van der Waals surface area (Å²) >= 11 is 0. The van der Waals surface area contributed by atoms with Crippen molar-refractivity contribution in [2.75, 3.05) is 29.5 Å². The van der Waals surface area contributed by atoms with E-state index in [0.717, 1.165) is 24.6 Å². The molecule has 5 nitrogen and oxygen atoms in total. The van der Waals surface area contributed by atoms with E-state index in [1.54, 1.807) is 6.33 Å². The first kappa shape index (κ1) is 12.0. The van der Waals surface area contributed by atoms with Crippen molar-refractivity contribution >= 4 is 17.3 Å². The van der Waals surface area contributed by atoms with Gasteiger partial charge in [-0.2, -0.15) is 0 Å². The highest BCUT2D eigenvalue weighted by molar-refractivity contribution is 5.75. The number of nitrogens with one attached hydrogen (secondary N) is 1. The molecule has 0 spiro atoms. The molecule has 17 heavy (non-hydrogen) atoms. The molecule has 0 saturated carbocycles. The topological polar surface area (TPSA) is 67.1 Å². The molecular formula is C12H21N5. The number of nitrogens with zero attached hydrogens (tertiary/aromatic N) is 3. The number of nitrogens with two attached hydrogens (primary N) is 1. The molecule has 1 aliphatic heterocycles. The van der Waals surface area contributed by atoms with E-state index in [1.165, 1.54) is 19.3 Å². The second-order valence-electron chi connectivity index (χ2n) is 4.46. The molecular weight excluding hydrogens is 214 g/mol. The molecule has 0 aliphatic carbocycles. The third-order valence-corrected chi connectivity index (χ3v) is 3.47. The number of nitrogen functional groups attached to an aromatic ring is 1. The summed E-state index contributed by atoms with van der Waals surface area (Å²) in [4.78, 5) is 10.8. The zero-order valence-corrected chi connectivity index (χ0v) is 10.6. The summed E-state index contributed by atoms with van der Waals surface area (Å²) in [6.45, 7) is 3.27. The predicted octanol–water partition coefficient (Wildman–Crippen LogP) is 1.87. The number of hydrogen-bond acceptors (Lipinski definition) is 5. The molecule has 3 N–H and O–H groups in total. The molecule has 1 aromatic rings. The van der Waals surface area contributed by atoms with Crippen molar-refractivity contribution in [2.24, 2.45) is 0 Å². The van der Waals surface area contributed by atoms with Gasteiger partial charge in [-0.15, -0.1) is 0 Å². The number of rotatable bonds is 3. The lowest BCUT2D eigenvalue weighted by Crippen LogP contribution is -2.40. The van der Waals surface area contributed by atoms with Gasteiger partial charge in [-0.1, -0.05) is 6.92 Å². The van der Waals surface area contributed by atoms with Crippen molar-refractivity contribution in [3.05, 3.63) is 6.33 Å². The van der Waals surface area contributed by atoms with Gasteiger partial charge in [-0.25, -0.2) is 9.97 Å². The predicted molar refractivity (Wildman–Crippen MR) is 71.3 cm³/mol. The highest BCUT2D eigenvalue weighted by Gasteiger charge is 2.24. The van der Waals surface area contributed by atoms with Gasteiger partial charge in [0.1, 0.15) is 12.0 Å². The van der Waals surface area contributed by atoms with Crippen molar-refractivity contribution in [1.29, 1.82) is 0 Å². The highest BCUT2D eigenvalue weighted by Crippen LogP contribution is 2.31. The van der Waals surface area contributed by atoms with E-state index in [0.29, 0.717) is 11.7 Å². The maximum atomic E-state index is 6.11. The van der Waals surface area contributed by atoms with Gasteiger partial charge in [0.05, 0.1) is 0 Å². The van der Waals surface area contributed by atoms with Crippen LogP contribution in [-0.4, -0.2) is 29.6 Å². The molecule has 1 saturated heterocycles. The van der Waals surface area contributed by atoms with E-state index in [9.17, 15) is 0 Å². The molecule has 5 heteroatoms. The summed E-state index contributed by atoms with van der Waals surface area (Å²) in [6, 6.07) is 0.561. The zero-order chi connectivity index (χ0) is 12.3. The van der Waals surface area contributed by atoms with E-state index >= 15 is 0 Å². The molecule has 0 amide bonds. The summed E-state index contributed by atoms with van der Waals surface area (Å²) in [5.41, 5.74) is 6.77. The second-order valence-corrected chi connectivity index (χ2v) is 4.46. The fourth-order valence-electron chi connectivity index (χ4n) is 2.52. The number of piperidine rings is 1. The molecule has 1 aromatic heterocycles. The van der Waals surface area contributed by atoms with Crippen LogP contribution in [0.4, 0.5) is 17.3 Å². The molecule has 0 radical (unpaired) electrons. The quantitative estimate of drug-likeness (QED) is 0.837. The Morgan fingerprint density at radius 1 is 1.47 bits per heavy atom. The van der Waals surface area contributed by atoms with E-state index in [-0.39, 0.29) is 0 Å². The Balaban J connectivity index is 2.31. The number of hydrogen-bond donors (Lipinski definition) is 2. The Morgan fingerprint density at radius 3 is 3.00 bits per heavy atom. The first-order valence-corrected chi connectivity index (χ1v) is 6.32. The minimum Gasteiger partial charge on any atom is -0.393 e. The van der Waals surface area contributed by atoms with E-state index in [4.69, 9.17) is 5.73 Å². The fourth-order valence-corrected chi connectivity index (χ4v) is 2.52. The first-order chi connectivity index (χ1) is 8.27. The lowest BCUT2D eigenvalue weighted by molar-refractivity contribution is 0.447. The Kier molecular flexibility index (Phi) is 3.66. The van der Waals surface area contributed by atoms with Crippen molar-refractivity contribution in [1.82, 2.24) is 9.97 Å². The molecule has 2 heterocycles. The molecule has 0 aromatic carbocycles. The zero-order valence-electron chi connectivity index (χ0n) is 10.6. The van der Waals surface area contributed by atoms with Crippen LogP contribution >= 0.6 is 0 Å². The van der Waals surface area contributed by atoms with Crippen LogP contribution in [0.5, 0.6) is 0 Å². The maximum absolute atomic E-state index is 6.11. The smallest absolute Gasteiger partial charge is 0.157 e. The third kappa shape index (κ3) is 2.28. The monoisotopic (exact) mass is 235 g/mol. The maximum Gasteiger partial charge on any atom is 0.157 e. The highest BCUT2D eigenvalue weighted by atomic mass is 15.2. The summed E-state index contributed by atoms with van der Waals surface area (Å²) in [5.74, 6) is 1.60. The van der Waals surface area contributed by atoms with Crippen molar-refractivity contribution in [2.45, 2.75) is 38.6 Å². The first-order valence-electron chi connectivity index (χ1n) is 6.32. The summed E-state index contributed by atoms with van der Waals surface area (Å²) in [5, 5.41) is 3.00. The summed E-state index contributed by atoms with van der Waals surface area (Å²) < 4.78 is 0. The largest absolute Gasteiger partial charge is 0.393 e. The van der Waals surface area contributed by atoms with Crippen LogP contribution in [0.15, 0.2) is 6.33 Å². The van der Waals surface area contributed by atoms with Crippen LogP contribution in [0.25, 0.3) is 0 Å². The Hall–Kier alpha value is -1.52. The van der Waals surface area contributed by atoms with E-state index in [1.807, 2.05) is 7.05 Å². The molecule has 94 valence electrons. The molecule has 1 fully saturated rings. The molecule has 1 unspecified atom stereocenters. The van der Waals surface area contributed by atoms with Gasteiger partial charge in [-0.3, -0.25) is 0 Å². The van der Waals surface area contributed by atoms with Gasteiger partial charge >= 0.3 is 0 Å². The van der Waals surface area contributed by atoms with Crippen LogP contribution in [0.2, 0.25) is 0 Å². The average Bonchev–Trinajstić information content (AvgIpc) is 2.39.